The highest BCUT2D eigenvalue weighted by atomic mass is 16.6. The molecule has 6 heteroatoms. The first-order chi connectivity index (χ1) is 34.0. The Hall–Kier alpha value is -4.19. The van der Waals surface area contributed by atoms with Crippen molar-refractivity contribution >= 4 is 17.9 Å². The van der Waals surface area contributed by atoms with Crippen molar-refractivity contribution in [3.05, 3.63) is 122 Å². The van der Waals surface area contributed by atoms with Crippen LogP contribution in [0.2, 0.25) is 0 Å². The van der Waals surface area contributed by atoms with E-state index in [0.717, 1.165) is 128 Å². The van der Waals surface area contributed by atoms with Crippen molar-refractivity contribution in [3.8, 4) is 0 Å². The number of rotatable bonds is 49. The van der Waals surface area contributed by atoms with E-state index in [2.05, 4.69) is 142 Å². The molecule has 0 rings (SSSR count). The van der Waals surface area contributed by atoms with Crippen LogP contribution in [0.25, 0.3) is 0 Å². The third kappa shape index (κ3) is 54.6. The molecule has 1 atom stereocenters. The molecule has 0 spiro atoms. The van der Waals surface area contributed by atoms with Crippen molar-refractivity contribution in [2.24, 2.45) is 0 Å². The number of allylic oxidation sites excluding steroid dienone is 20. The fourth-order valence-electron chi connectivity index (χ4n) is 7.33. The van der Waals surface area contributed by atoms with Crippen LogP contribution in [-0.4, -0.2) is 37.2 Å². The minimum absolute atomic E-state index is 0.108. The first kappa shape index (κ1) is 64.8. The normalized spacial score (nSPS) is 13.0. The van der Waals surface area contributed by atoms with E-state index in [0.29, 0.717) is 19.3 Å². The molecule has 0 aromatic rings. The van der Waals surface area contributed by atoms with Crippen molar-refractivity contribution in [2.75, 3.05) is 13.2 Å². The molecule has 0 saturated carbocycles. The standard InChI is InChI=1S/C63H102O6/c1-4-7-10-13-16-19-22-25-27-29-30-31-32-34-35-38-41-44-47-50-53-56-62(65)68-59-60(58-67-61(64)55-52-49-46-43-40-37-24-21-18-15-12-9-6-3)69-63(66)57-54-51-48-45-42-39-36-33-28-26-23-20-17-14-11-8-5-2/h7-8,10-11,16-17,19-20,25-28,30-31,34-36,39,45,48,60H,4-6,9,12-15,18,21-24,29,32-33,37-38,40-44,46-47,49-59H2,1-3H3/b10-7-,11-8-,19-16-,20-17-,27-25-,28-26-,31-30-,35-34-,39-36-,48-45-. The maximum absolute atomic E-state index is 12.8. The molecule has 0 saturated heterocycles. The maximum Gasteiger partial charge on any atom is 0.306 e. The van der Waals surface area contributed by atoms with Gasteiger partial charge >= 0.3 is 17.9 Å². The van der Waals surface area contributed by atoms with Crippen molar-refractivity contribution < 1.29 is 28.6 Å². The Balaban J connectivity index is 4.50. The molecule has 0 aromatic heterocycles. The third-order valence-electron chi connectivity index (χ3n) is 11.5. The average molecular weight is 956 g/mol. The number of hydrogen-bond donors (Lipinski definition) is 0. The number of ether oxygens (including phenoxy) is 3. The fraction of sp³-hybridized carbons (Fsp3) is 0.635. The number of unbranched alkanes of at least 4 members (excludes halogenated alkanes) is 18. The Labute approximate surface area is 424 Å². The van der Waals surface area contributed by atoms with E-state index in [1.165, 1.54) is 64.2 Å². The van der Waals surface area contributed by atoms with Crippen molar-refractivity contribution in [3.63, 3.8) is 0 Å². The molecule has 0 aliphatic heterocycles. The molecule has 0 aliphatic carbocycles. The molecule has 0 amide bonds. The van der Waals surface area contributed by atoms with Gasteiger partial charge in [0.2, 0.25) is 0 Å². The van der Waals surface area contributed by atoms with E-state index in [1.54, 1.807) is 0 Å². The molecule has 1 unspecified atom stereocenters. The Morgan fingerprint density at radius 1 is 0.304 bits per heavy atom. The van der Waals surface area contributed by atoms with Crippen LogP contribution in [0, 0.1) is 0 Å². The lowest BCUT2D eigenvalue weighted by Gasteiger charge is -2.18. The minimum Gasteiger partial charge on any atom is -0.462 e. The summed E-state index contributed by atoms with van der Waals surface area (Å²) >= 11 is 0. The maximum atomic E-state index is 12.8. The predicted octanol–water partition coefficient (Wildman–Crippen LogP) is 18.9. The van der Waals surface area contributed by atoms with Gasteiger partial charge in [0.25, 0.3) is 0 Å². The minimum atomic E-state index is -0.818. The smallest absolute Gasteiger partial charge is 0.306 e. The number of esters is 3. The Morgan fingerprint density at radius 3 is 0.928 bits per heavy atom. The van der Waals surface area contributed by atoms with E-state index < -0.39 is 6.10 Å². The van der Waals surface area contributed by atoms with Crippen molar-refractivity contribution in [1.29, 1.82) is 0 Å². The summed E-state index contributed by atoms with van der Waals surface area (Å²) in [6, 6.07) is 0. The largest absolute Gasteiger partial charge is 0.462 e. The fourth-order valence-corrected chi connectivity index (χ4v) is 7.33. The van der Waals surface area contributed by atoms with Crippen molar-refractivity contribution in [2.45, 2.75) is 245 Å². The van der Waals surface area contributed by atoms with E-state index in [9.17, 15) is 14.4 Å². The SMILES string of the molecule is CC/C=C\C/C=C\C/C=C\C/C=C\C/C=C\CCCCCCCC(=O)OCC(COC(=O)CCCCCCCCCCCCCCC)OC(=O)CCC/C=C\C/C=C\C/C=C\C/C=C\C/C=C\CC. The first-order valence-electron chi connectivity index (χ1n) is 28.0. The number of carbonyl (C=O) groups excluding carboxylic acids is 3. The molecule has 0 N–H and O–H groups in total. The number of carbonyl (C=O) groups is 3. The van der Waals surface area contributed by atoms with E-state index >= 15 is 0 Å². The molecular weight excluding hydrogens is 853 g/mol. The van der Waals surface area contributed by atoms with Crippen molar-refractivity contribution in [1.82, 2.24) is 0 Å². The molecule has 69 heavy (non-hydrogen) atoms. The lowest BCUT2D eigenvalue weighted by atomic mass is 10.0. The van der Waals surface area contributed by atoms with Gasteiger partial charge in [-0.25, -0.2) is 0 Å². The summed E-state index contributed by atoms with van der Waals surface area (Å²) in [4.78, 5) is 38.1. The van der Waals surface area contributed by atoms with Gasteiger partial charge in [-0.3, -0.25) is 14.4 Å². The monoisotopic (exact) mass is 955 g/mol. The van der Waals surface area contributed by atoms with E-state index in [-0.39, 0.29) is 37.5 Å². The third-order valence-corrected chi connectivity index (χ3v) is 11.5. The summed E-state index contributed by atoms with van der Waals surface area (Å²) in [5.74, 6) is -0.989. The van der Waals surface area contributed by atoms with Crippen LogP contribution in [0.4, 0.5) is 0 Å². The van der Waals surface area contributed by atoms with Crippen LogP contribution < -0.4 is 0 Å². The predicted molar refractivity (Wildman–Crippen MR) is 297 cm³/mol. The van der Waals surface area contributed by atoms with Crippen LogP contribution in [0.3, 0.4) is 0 Å². The zero-order valence-corrected chi connectivity index (χ0v) is 44.5. The topological polar surface area (TPSA) is 78.9 Å². The molecule has 390 valence electrons. The molecule has 0 bridgehead atoms. The second kappa shape index (κ2) is 56.4. The van der Waals surface area contributed by atoms with Crippen LogP contribution in [-0.2, 0) is 28.6 Å². The Bertz CT molecular complexity index is 1470. The second-order valence-corrected chi connectivity index (χ2v) is 18.1. The van der Waals surface area contributed by atoms with Gasteiger partial charge in [0.05, 0.1) is 0 Å². The summed E-state index contributed by atoms with van der Waals surface area (Å²) in [7, 11) is 0. The summed E-state index contributed by atoms with van der Waals surface area (Å²) in [5, 5.41) is 0. The van der Waals surface area contributed by atoms with Gasteiger partial charge in [-0.2, -0.15) is 0 Å². The summed E-state index contributed by atoms with van der Waals surface area (Å²) in [6.45, 7) is 6.34. The molecule has 6 nitrogen and oxygen atoms in total. The highest BCUT2D eigenvalue weighted by Crippen LogP contribution is 2.14. The quantitative estimate of drug-likeness (QED) is 0.0262. The molecule has 0 radical (unpaired) electrons. The summed E-state index contributed by atoms with van der Waals surface area (Å²) in [5.41, 5.74) is 0. The molecular formula is C63H102O6. The first-order valence-corrected chi connectivity index (χ1v) is 28.0. The Morgan fingerprint density at radius 2 is 0.580 bits per heavy atom. The molecule has 0 aliphatic rings. The Kier molecular flexibility index (Phi) is 53.0. The van der Waals surface area contributed by atoms with E-state index in [4.69, 9.17) is 14.2 Å². The van der Waals surface area contributed by atoms with Gasteiger partial charge < -0.3 is 14.2 Å². The van der Waals surface area contributed by atoms with E-state index in [1.807, 2.05) is 0 Å². The lowest BCUT2D eigenvalue weighted by molar-refractivity contribution is -0.167. The highest BCUT2D eigenvalue weighted by Gasteiger charge is 2.19. The van der Waals surface area contributed by atoms with Gasteiger partial charge in [0.15, 0.2) is 6.10 Å². The zero-order valence-electron chi connectivity index (χ0n) is 44.5. The number of hydrogen-bond acceptors (Lipinski definition) is 6. The summed E-state index contributed by atoms with van der Waals surface area (Å²) < 4.78 is 16.8. The average Bonchev–Trinajstić information content (AvgIpc) is 3.35. The van der Waals surface area contributed by atoms with Gasteiger partial charge in [0, 0.05) is 19.3 Å². The highest BCUT2D eigenvalue weighted by molar-refractivity contribution is 5.71. The van der Waals surface area contributed by atoms with Crippen LogP contribution in [0.1, 0.15) is 239 Å². The zero-order chi connectivity index (χ0) is 50.0. The molecule has 0 aromatic carbocycles. The van der Waals surface area contributed by atoms with Crippen LogP contribution in [0.15, 0.2) is 122 Å². The van der Waals surface area contributed by atoms with Crippen LogP contribution >= 0.6 is 0 Å². The molecule has 0 heterocycles. The summed E-state index contributed by atoms with van der Waals surface area (Å²) in [6.07, 6.45) is 77.6. The second-order valence-electron chi connectivity index (χ2n) is 18.1. The van der Waals surface area contributed by atoms with Gasteiger partial charge in [-0.15, -0.1) is 0 Å². The molecule has 0 fully saturated rings. The lowest BCUT2D eigenvalue weighted by Crippen LogP contribution is -2.30. The van der Waals surface area contributed by atoms with Crippen LogP contribution in [0.5, 0.6) is 0 Å². The van der Waals surface area contributed by atoms with Gasteiger partial charge in [-0.1, -0.05) is 239 Å². The van der Waals surface area contributed by atoms with Gasteiger partial charge in [0.1, 0.15) is 13.2 Å². The van der Waals surface area contributed by atoms with Gasteiger partial charge in [-0.05, 0) is 103 Å².